The molecule has 0 spiro atoms. The number of hydrogen-bond acceptors (Lipinski definition) is 5. The number of carbonyl (C=O) groups is 3. The highest BCUT2D eigenvalue weighted by molar-refractivity contribution is 6.00. The summed E-state index contributed by atoms with van der Waals surface area (Å²) in [6.07, 6.45) is 0.126. The Bertz CT molecular complexity index is 925. The number of anilines is 1. The maximum Gasteiger partial charge on any atom is 0.339 e. The summed E-state index contributed by atoms with van der Waals surface area (Å²) in [5.74, 6) is -0.998. The summed E-state index contributed by atoms with van der Waals surface area (Å²) in [6, 6.07) is 11.8. The molecule has 1 aliphatic heterocycles. The smallest absolute Gasteiger partial charge is 0.339 e. The molecule has 0 radical (unpaired) electrons. The molecule has 8 heteroatoms. The number of carboxylic acids is 1. The van der Waals surface area contributed by atoms with Crippen LogP contribution in [0.15, 0.2) is 42.5 Å². The fraction of sp³-hybridized carbons (Fsp3) is 0.286. The summed E-state index contributed by atoms with van der Waals surface area (Å²) in [4.78, 5) is 37.8. The lowest BCUT2D eigenvalue weighted by atomic mass is 10.1. The predicted octanol–water partition coefficient (Wildman–Crippen LogP) is 2.07. The lowest BCUT2D eigenvalue weighted by Gasteiger charge is -2.17. The van der Waals surface area contributed by atoms with Gasteiger partial charge in [-0.2, -0.15) is 0 Å². The van der Waals surface area contributed by atoms with Gasteiger partial charge in [0.15, 0.2) is 0 Å². The summed E-state index contributed by atoms with van der Waals surface area (Å²) in [6.45, 7) is 0.455. The number of carbonyl (C=O) groups excluding carboxylic acids is 2. The van der Waals surface area contributed by atoms with Crippen molar-refractivity contribution < 1.29 is 29.0 Å². The average Bonchev–Trinajstić information content (AvgIpc) is 3.13. The van der Waals surface area contributed by atoms with Crippen LogP contribution in [0, 0.1) is 5.92 Å². The molecule has 29 heavy (non-hydrogen) atoms. The van der Waals surface area contributed by atoms with E-state index in [9.17, 15) is 19.5 Å². The van der Waals surface area contributed by atoms with Gasteiger partial charge in [-0.25, -0.2) is 4.79 Å². The molecule has 2 amide bonds. The minimum atomic E-state index is -1.11. The maximum atomic E-state index is 12.5. The van der Waals surface area contributed by atoms with Crippen molar-refractivity contribution in [3.8, 4) is 11.5 Å². The molecule has 2 aromatic rings. The Balaban J connectivity index is 1.62. The van der Waals surface area contributed by atoms with E-state index in [1.54, 1.807) is 48.4 Å². The first kappa shape index (κ1) is 20.2. The number of nitrogens with one attached hydrogen (secondary N) is 1. The number of carboxylic acid groups (broad SMARTS) is 1. The van der Waals surface area contributed by atoms with Crippen molar-refractivity contribution in [1.82, 2.24) is 5.32 Å². The van der Waals surface area contributed by atoms with Gasteiger partial charge in [-0.3, -0.25) is 9.59 Å². The Morgan fingerprint density at radius 2 is 1.86 bits per heavy atom. The number of amides is 2. The van der Waals surface area contributed by atoms with Crippen molar-refractivity contribution in [2.45, 2.75) is 13.0 Å². The summed E-state index contributed by atoms with van der Waals surface area (Å²) in [5.41, 5.74) is 1.38. The third kappa shape index (κ3) is 4.48. The van der Waals surface area contributed by atoms with E-state index < -0.39 is 11.9 Å². The molecule has 2 N–H and O–H groups in total. The molecule has 0 aliphatic carbocycles. The number of hydrogen-bond donors (Lipinski definition) is 2. The van der Waals surface area contributed by atoms with Crippen LogP contribution in [-0.2, 0) is 16.1 Å². The highest BCUT2D eigenvalue weighted by atomic mass is 16.5. The summed E-state index contributed by atoms with van der Waals surface area (Å²) in [5, 5.41) is 12.0. The summed E-state index contributed by atoms with van der Waals surface area (Å²) < 4.78 is 10.1. The number of nitrogens with zero attached hydrogens (tertiary/aromatic N) is 1. The first-order chi connectivity index (χ1) is 13.9. The van der Waals surface area contributed by atoms with Crippen LogP contribution < -0.4 is 19.7 Å². The molecule has 1 fully saturated rings. The molecule has 1 heterocycles. The van der Waals surface area contributed by atoms with E-state index in [0.29, 0.717) is 23.5 Å². The second-order valence-corrected chi connectivity index (χ2v) is 6.66. The third-order valence-electron chi connectivity index (χ3n) is 4.84. The Morgan fingerprint density at radius 1 is 1.14 bits per heavy atom. The first-order valence-corrected chi connectivity index (χ1v) is 9.05. The average molecular weight is 398 g/mol. The molecule has 2 aromatic carbocycles. The van der Waals surface area contributed by atoms with Crippen molar-refractivity contribution in [1.29, 1.82) is 0 Å². The molecule has 3 rings (SSSR count). The molecular weight excluding hydrogens is 376 g/mol. The second kappa shape index (κ2) is 8.64. The molecular formula is C21H22N2O6. The molecule has 0 bridgehead atoms. The number of aromatic carboxylic acids is 1. The zero-order valence-corrected chi connectivity index (χ0v) is 16.2. The molecule has 1 aliphatic rings. The molecule has 0 unspecified atom stereocenters. The maximum absolute atomic E-state index is 12.5. The Hall–Kier alpha value is -3.55. The summed E-state index contributed by atoms with van der Waals surface area (Å²) in [7, 11) is 2.97. The van der Waals surface area contributed by atoms with Gasteiger partial charge in [0.2, 0.25) is 11.8 Å². The summed E-state index contributed by atoms with van der Waals surface area (Å²) >= 11 is 0. The van der Waals surface area contributed by atoms with Crippen molar-refractivity contribution in [2.24, 2.45) is 5.92 Å². The Kier molecular flexibility index (Phi) is 6.01. The number of ether oxygens (including phenoxy) is 2. The standard InChI is InChI=1S/C21H22N2O6/c1-28-16-6-4-15(5-7-16)23-12-14(10-19(23)24)20(25)22-11-13-3-8-18(29-2)17(9-13)21(26)27/h3-9,14H,10-12H2,1-2H3,(H,22,25)(H,26,27)/t14-/m0/s1. The quantitative estimate of drug-likeness (QED) is 0.740. The largest absolute Gasteiger partial charge is 0.497 e. The zero-order valence-electron chi connectivity index (χ0n) is 16.2. The Labute approximate surface area is 168 Å². The van der Waals surface area contributed by atoms with Crippen LogP contribution in [-0.4, -0.2) is 43.7 Å². The van der Waals surface area contributed by atoms with Gasteiger partial charge in [0.25, 0.3) is 0 Å². The minimum absolute atomic E-state index is 0.0287. The second-order valence-electron chi connectivity index (χ2n) is 6.66. The van der Waals surface area contributed by atoms with E-state index >= 15 is 0 Å². The molecule has 1 atom stereocenters. The number of benzene rings is 2. The minimum Gasteiger partial charge on any atom is -0.497 e. The van der Waals surface area contributed by atoms with Gasteiger partial charge in [0.1, 0.15) is 17.1 Å². The van der Waals surface area contributed by atoms with Gasteiger partial charge in [-0.15, -0.1) is 0 Å². The monoisotopic (exact) mass is 398 g/mol. The van der Waals surface area contributed by atoms with Crippen LogP contribution >= 0.6 is 0 Å². The van der Waals surface area contributed by atoms with Crippen molar-refractivity contribution in [3.63, 3.8) is 0 Å². The predicted molar refractivity (Wildman–Crippen MR) is 105 cm³/mol. The van der Waals surface area contributed by atoms with Gasteiger partial charge in [0.05, 0.1) is 20.1 Å². The van der Waals surface area contributed by atoms with E-state index in [1.807, 2.05) is 0 Å². The van der Waals surface area contributed by atoms with Gasteiger partial charge in [0, 0.05) is 25.2 Å². The lowest BCUT2D eigenvalue weighted by molar-refractivity contribution is -0.126. The highest BCUT2D eigenvalue weighted by Gasteiger charge is 2.35. The van der Waals surface area contributed by atoms with E-state index in [2.05, 4.69) is 5.32 Å². The zero-order chi connectivity index (χ0) is 21.0. The van der Waals surface area contributed by atoms with Gasteiger partial charge in [-0.05, 0) is 42.0 Å². The van der Waals surface area contributed by atoms with Crippen molar-refractivity contribution in [2.75, 3.05) is 25.7 Å². The first-order valence-electron chi connectivity index (χ1n) is 9.05. The molecule has 0 saturated carbocycles. The molecule has 8 nitrogen and oxygen atoms in total. The highest BCUT2D eigenvalue weighted by Crippen LogP contribution is 2.27. The van der Waals surface area contributed by atoms with Crippen molar-refractivity contribution >= 4 is 23.5 Å². The molecule has 0 aromatic heterocycles. The Morgan fingerprint density at radius 3 is 2.48 bits per heavy atom. The SMILES string of the molecule is COc1ccc(N2C[C@@H](C(=O)NCc3ccc(OC)c(C(=O)O)c3)CC2=O)cc1. The van der Waals surface area contributed by atoms with E-state index in [0.717, 1.165) is 0 Å². The van der Waals surface area contributed by atoms with Crippen LogP contribution in [0.3, 0.4) is 0 Å². The van der Waals surface area contributed by atoms with Crippen LogP contribution in [0.25, 0.3) is 0 Å². The fourth-order valence-corrected chi connectivity index (χ4v) is 3.26. The van der Waals surface area contributed by atoms with E-state index in [1.165, 1.54) is 13.2 Å². The third-order valence-corrected chi connectivity index (χ3v) is 4.84. The van der Waals surface area contributed by atoms with Gasteiger partial charge >= 0.3 is 5.97 Å². The van der Waals surface area contributed by atoms with E-state index in [4.69, 9.17) is 9.47 Å². The number of methoxy groups -OCH3 is 2. The van der Waals surface area contributed by atoms with Gasteiger partial charge in [-0.1, -0.05) is 6.07 Å². The fourth-order valence-electron chi connectivity index (χ4n) is 3.26. The lowest BCUT2D eigenvalue weighted by Crippen LogP contribution is -2.32. The van der Waals surface area contributed by atoms with E-state index in [-0.39, 0.29) is 36.1 Å². The molecule has 1 saturated heterocycles. The van der Waals surface area contributed by atoms with Crippen LogP contribution in [0.2, 0.25) is 0 Å². The normalized spacial score (nSPS) is 15.9. The van der Waals surface area contributed by atoms with Crippen LogP contribution in [0.1, 0.15) is 22.3 Å². The van der Waals surface area contributed by atoms with Crippen LogP contribution in [0.4, 0.5) is 5.69 Å². The van der Waals surface area contributed by atoms with Crippen molar-refractivity contribution in [3.05, 3.63) is 53.6 Å². The number of rotatable bonds is 7. The molecule has 152 valence electrons. The van der Waals surface area contributed by atoms with Crippen LogP contribution in [0.5, 0.6) is 11.5 Å². The van der Waals surface area contributed by atoms with Gasteiger partial charge < -0.3 is 24.8 Å². The topological polar surface area (TPSA) is 105 Å².